The minimum atomic E-state index is -0.733. The number of carboxylic acids is 1. The second-order valence-corrected chi connectivity index (χ2v) is 6.84. The molecule has 1 rings (SSSR count). The van der Waals surface area contributed by atoms with Crippen molar-refractivity contribution in [3.63, 3.8) is 0 Å². The largest absolute Gasteiger partial charge is 0.480 e. The van der Waals surface area contributed by atoms with Gasteiger partial charge >= 0.3 is 5.97 Å². The topological polar surface area (TPSA) is 69.6 Å². The molecule has 5 heteroatoms. The summed E-state index contributed by atoms with van der Waals surface area (Å²) in [6.07, 6.45) is 4.24. The van der Waals surface area contributed by atoms with Crippen LogP contribution in [0.3, 0.4) is 0 Å². The van der Waals surface area contributed by atoms with Gasteiger partial charge in [-0.25, -0.2) is 0 Å². The molecule has 3 atom stereocenters. The van der Waals surface area contributed by atoms with E-state index in [1.54, 1.807) is 0 Å². The number of thioether (sulfide) groups is 1. The first-order chi connectivity index (χ1) is 8.54. The molecule has 0 aliphatic heterocycles. The Morgan fingerprint density at radius 1 is 1.61 bits per heavy atom. The molecule has 0 bridgehead atoms. The molecule has 18 heavy (non-hydrogen) atoms. The highest BCUT2D eigenvalue weighted by Crippen LogP contribution is 2.37. The highest BCUT2D eigenvalue weighted by atomic mass is 32.2. The van der Waals surface area contributed by atoms with Gasteiger partial charge in [0.05, 0.1) is 0 Å². The molecule has 0 radical (unpaired) electrons. The van der Waals surface area contributed by atoms with Crippen LogP contribution in [-0.2, 0) is 4.79 Å². The van der Waals surface area contributed by atoms with E-state index in [1.165, 1.54) is 0 Å². The minimum Gasteiger partial charge on any atom is -0.480 e. The molecular formula is C13H25NO3S. The number of aliphatic hydroxyl groups is 1. The monoisotopic (exact) mass is 275 g/mol. The Bertz CT molecular complexity index is 271. The number of carbonyl (C=O) groups is 1. The van der Waals surface area contributed by atoms with Gasteiger partial charge in [-0.15, -0.1) is 0 Å². The first-order valence-corrected chi connectivity index (χ1v) is 7.73. The van der Waals surface area contributed by atoms with Crippen molar-refractivity contribution in [3.8, 4) is 0 Å². The number of aliphatic hydroxyl groups excluding tert-OH is 1. The van der Waals surface area contributed by atoms with Crippen molar-refractivity contribution < 1.29 is 15.0 Å². The number of hydrogen-bond donors (Lipinski definition) is 3. The van der Waals surface area contributed by atoms with Crippen LogP contribution in [0, 0.1) is 0 Å². The Morgan fingerprint density at radius 2 is 2.33 bits per heavy atom. The van der Waals surface area contributed by atoms with E-state index in [9.17, 15) is 9.90 Å². The molecule has 0 aromatic heterocycles. The van der Waals surface area contributed by atoms with E-state index in [0.29, 0.717) is 23.5 Å². The zero-order valence-electron chi connectivity index (χ0n) is 11.3. The Kier molecular flexibility index (Phi) is 6.46. The van der Waals surface area contributed by atoms with E-state index in [4.69, 9.17) is 5.11 Å². The van der Waals surface area contributed by atoms with Gasteiger partial charge < -0.3 is 15.5 Å². The number of aliphatic carboxylic acids is 1. The van der Waals surface area contributed by atoms with E-state index in [0.717, 1.165) is 25.7 Å². The van der Waals surface area contributed by atoms with E-state index in [1.807, 2.05) is 18.7 Å². The first-order valence-electron chi connectivity index (χ1n) is 6.79. The number of nitrogens with one attached hydrogen (secondary N) is 1. The second kappa shape index (κ2) is 7.36. The summed E-state index contributed by atoms with van der Waals surface area (Å²) in [6.45, 7) is 4.95. The highest BCUT2D eigenvalue weighted by molar-refractivity contribution is 8.00. The van der Waals surface area contributed by atoms with E-state index in [2.05, 4.69) is 12.2 Å². The van der Waals surface area contributed by atoms with Crippen LogP contribution in [0.25, 0.3) is 0 Å². The van der Waals surface area contributed by atoms with Crippen LogP contribution in [0.2, 0.25) is 0 Å². The molecule has 1 fully saturated rings. The quantitative estimate of drug-likeness (QED) is 0.662. The summed E-state index contributed by atoms with van der Waals surface area (Å²) in [7, 11) is 0. The average molecular weight is 275 g/mol. The van der Waals surface area contributed by atoms with Gasteiger partial charge in [0, 0.05) is 17.1 Å². The van der Waals surface area contributed by atoms with E-state index >= 15 is 0 Å². The summed E-state index contributed by atoms with van der Waals surface area (Å²) in [4.78, 5) is 11.5. The minimum absolute atomic E-state index is 0.207. The number of hydrogen-bond acceptors (Lipinski definition) is 4. The van der Waals surface area contributed by atoms with E-state index in [-0.39, 0.29) is 6.61 Å². The van der Waals surface area contributed by atoms with Gasteiger partial charge in [0.15, 0.2) is 0 Å². The zero-order chi connectivity index (χ0) is 13.6. The Balaban J connectivity index is 2.60. The normalized spacial score (nSPS) is 30.1. The smallest absolute Gasteiger partial charge is 0.323 e. The van der Waals surface area contributed by atoms with Gasteiger partial charge in [0.2, 0.25) is 0 Å². The van der Waals surface area contributed by atoms with Crippen molar-refractivity contribution >= 4 is 17.7 Å². The average Bonchev–Trinajstić information content (AvgIpc) is 2.29. The summed E-state index contributed by atoms with van der Waals surface area (Å²) in [5, 5.41) is 22.3. The summed E-state index contributed by atoms with van der Waals surface area (Å²) >= 11 is 1.83. The fourth-order valence-corrected chi connectivity index (χ4v) is 4.27. The predicted octanol–water partition coefficient (Wildman–Crippen LogP) is 1.87. The lowest BCUT2D eigenvalue weighted by Crippen LogP contribution is -2.55. The third-order valence-electron chi connectivity index (χ3n) is 3.59. The highest BCUT2D eigenvalue weighted by Gasteiger charge is 2.42. The molecule has 0 spiro atoms. The van der Waals surface area contributed by atoms with Crippen molar-refractivity contribution in [1.29, 1.82) is 0 Å². The maximum Gasteiger partial charge on any atom is 0.323 e. The summed E-state index contributed by atoms with van der Waals surface area (Å²) < 4.78 is 0. The Labute approximate surface area is 114 Å². The van der Waals surface area contributed by atoms with Crippen molar-refractivity contribution in [3.05, 3.63) is 0 Å². The first kappa shape index (κ1) is 15.8. The molecule has 4 nitrogen and oxygen atoms in total. The van der Waals surface area contributed by atoms with Crippen LogP contribution in [0.1, 0.15) is 46.0 Å². The standard InChI is InChI=1S/C13H25NO3S/c1-3-14-13(12(16)17)7-4-5-11(9-13)18-10(2)6-8-15/h10-11,14-15H,3-9H2,1-2H3,(H,16,17). The van der Waals surface area contributed by atoms with Crippen LogP contribution >= 0.6 is 11.8 Å². The van der Waals surface area contributed by atoms with Crippen molar-refractivity contribution in [2.24, 2.45) is 0 Å². The number of likely N-dealkylation sites (N-methyl/N-ethyl adjacent to an activating group) is 1. The summed E-state index contributed by atoms with van der Waals surface area (Å²) in [6, 6.07) is 0. The van der Waals surface area contributed by atoms with Crippen LogP contribution in [0.15, 0.2) is 0 Å². The molecule has 0 heterocycles. The maximum atomic E-state index is 11.5. The Morgan fingerprint density at radius 3 is 2.89 bits per heavy atom. The van der Waals surface area contributed by atoms with Crippen LogP contribution in [0.4, 0.5) is 0 Å². The molecule has 0 aromatic rings. The maximum absolute atomic E-state index is 11.5. The molecule has 1 saturated carbocycles. The molecular weight excluding hydrogens is 250 g/mol. The van der Waals surface area contributed by atoms with Gasteiger partial charge in [-0.2, -0.15) is 11.8 Å². The third-order valence-corrected chi connectivity index (χ3v) is 5.08. The zero-order valence-corrected chi connectivity index (χ0v) is 12.1. The van der Waals surface area contributed by atoms with Crippen LogP contribution in [-0.4, -0.2) is 45.4 Å². The predicted molar refractivity (Wildman–Crippen MR) is 75.1 cm³/mol. The molecule has 0 aromatic carbocycles. The van der Waals surface area contributed by atoms with E-state index < -0.39 is 11.5 Å². The van der Waals surface area contributed by atoms with Gasteiger partial charge in [-0.05, 0) is 38.6 Å². The van der Waals surface area contributed by atoms with Gasteiger partial charge in [0.1, 0.15) is 5.54 Å². The van der Waals surface area contributed by atoms with Crippen molar-refractivity contribution in [2.75, 3.05) is 13.2 Å². The summed E-state index contributed by atoms with van der Waals surface area (Å²) in [5.74, 6) is -0.718. The molecule has 106 valence electrons. The molecule has 1 aliphatic carbocycles. The molecule has 3 unspecified atom stereocenters. The second-order valence-electron chi connectivity index (χ2n) is 5.09. The van der Waals surface area contributed by atoms with Gasteiger partial charge in [0.25, 0.3) is 0 Å². The fourth-order valence-electron chi connectivity index (χ4n) is 2.69. The Hall–Kier alpha value is -0.260. The lowest BCUT2D eigenvalue weighted by Gasteiger charge is -2.38. The van der Waals surface area contributed by atoms with Crippen molar-refractivity contribution in [1.82, 2.24) is 5.32 Å². The molecule has 1 aliphatic rings. The molecule has 0 saturated heterocycles. The molecule has 0 amide bonds. The summed E-state index contributed by atoms with van der Waals surface area (Å²) in [5.41, 5.74) is -0.733. The van der Waals surface area contributed by atoms with Crippen LogP contribution in [0.5, 0.6) is 0 Å². The van der Waals surface area contributed by atoms with Gasteiger partial charge in [-0.3, -0.25) is 4.79 Å². The lowest BCUT2D eigenvalue weighted by atomic mass is 9.81. The lowest BCUT2D eigenvalue weighted by molar-refractivity contribution is -0.146. The van der Waals surface area contributed by atoms with Crippen molar-refractivity contribution in [2.45, 2.75) is 62.0 Å². The fraction of sp³-hybridized carbons (Fsp3) is 0.923. The number of rotatable bonds is 7. The van der Waals surface area contributed by atoms with Crippen LogP contribution < -0.4 is 5.32 Å². The third kappa shape index (κ3) is 4.14. The molecule has 3 N–H and O–H groups in total. The van der Waals surface area contributed by atoms with Gasteiger partial charge in [-0.1, -0.05) is 13.8 Å². The SMILES string of the molecule is CCNC1(C(=O)O)CCCC(SC(C)CCO)C1. The number of carboxylic acid groups (broad SMARTS) is 1.